The molecule has 2 amide bonds. The molecule has 0 bridgehead atoms. The molecular weight excluding hydrogens is 470 g/mol. The molecular formula is C28H21N5O2S. The fourth-order valence-corrected chi connectivity index (χ4v) is 4.79. The van der Waals surface area contributed by atoms with Crippen molar-refractivity contribution in [2.45, 2.75) is 6.92 Å². The van der Waals surface area contributed by atoms with E-state index in [-0.39, 0.29) is 5.11 Å². The molecule has 6 rings (SSSR count). The number of hydrazine groups is 1. The highest BCUT2D eigenvalue weighted by atomic mass is 32.1. The highest BCUT2D eigenvalue weighted by Crippen LogP contribution is 2.40. The maximum absolute atomic E-state index is 13.8. The minimum atomic E-state index is -0.474. The van der Waals surface area contributed by atoms with Gasteiger partial charge < -0.3 is 15.3 Å². The lowest BCUT2D eigenvalue weighted by molar-refractivity contribution is -0.138. The number of fused-ring (bicyclic) bond motifs is 2. The van der Waals surface area contributed by atoms with Crippen LogP contribution < -0.4 is 10.7 Å². The number of carbonyl (C=O) groups is 2. The molecule has 1 aliphatic rings. The summed E-state index contributed by atoms with van der Waals surface area (Å²) >= 11 is 5.44. The van der Waals surface area contributed by atoms with Crippen LogP contribution in [0.15, 0.2) is 85.2 Å². The molecule has 0 saturated carbocycles. The predicted molar refractivity (Wildman–Crippen MR) is 146 cm³/mol. The summed E-state index contributed by atoms with van der Waals surface area (Å²) in [5, 5.41) is 5.87. The number of hydrogen-bond donors (Lipinski definition) is 4. The summed E-state index contributed by atoms with van der Waals surface area (Å²) in [5.74, 6) is -0.948. The number of aromatic amines is 2. The number of carbonyl (C=O) groups excluding carboxylic acids is 2. The Balaban J connectivity index is 1.43. The number of aromatic nitrogens is 2. The SMILES string of the molecule is Cc1ccc(NC(=S)NN2C(=O)C(c3c[nH]c4ccccc34)=C(c3c[nH]c4ccccc34)C2=O)cc1. The monoisotopic (exact) mass is 491 g/mol. The van der Waals surface area contributed by atoms with Gasteiger partial charge in [-0.05, 0) is 43.4 Å². The summed E-state index contributed by atoms with van der Waals surface area (Å²) in [5.41, 5.74) is 8.37. The number of rotatable bonds is 4. The van der Waals surface area contributed by atoms with Crippen LogP contribution in [-0.2, 0) is 9.59 Å². The van der Waals surface area contributed by atoms with E-state index in [1.165, 1.54) is 0 Å². The molecule has 0 saturated heterocycles. The van der Waals surface area contributed by atoms with Crippen LogP contribution in [0.3, 0.4) is 0 Å². The van der Waals surface area contributed by atoms with Crippen LogP contribution in [0, 0.1) is 6.92 Å². The van der Waals surface area contributed by atoms with E-state index < -0.39 is 11.8 Å². The Labute approximate surface area is 211 Å². The molecule has 36 heavy (non-hydrogen) atoms. The van der Waals surface area contributed by atoms with Gasteiger partial charge in [0.1, 0.15) is 0 Å². The Hall–Kier alpha value is -4.69. The van der Waals surface area contributed by atoms with Crippen molar-refractivity contribution in [3.05, 3.63) is 102 Å². The van der Waals surface area contributed by atoms with Gasteiger partial charge in [-0.15, -0.1) is 0 Å². The molecule has 4 N–H and O–H groups in total. The minimum Gasteiger partial charge on any atom is -0.361 e. The largest absolute Gasteiger partial charge is 0.361 e. The highest BCUT2D eigenvalue weighted by molar-refractivity contribution is 7.80. The van der Waals surface area contributed by atoms with E-state index in [0.717, 1.165) is 38.1 Å². The molecule has 5 aromatic rings. The Morgan fingerprint density at radius 2 is 1.25 bits per heavy atom. The second-order valence-corrected chi connectivity index (χ2v) is 9.03. The number of thiocarbonyl (C=S) groups is 1. The zero-order valence-electron chi connectivity index (χ0n) is 19.3. The molecule has 1 aliphatic heterocycles. The van der Waals surface area contributed by atoms with Crippen molar-refractivity contribution < 1.29 is 9.59 Å². The van der Waals surface area contributed by atoms with Crippen molar-refractivity contribution in [2.75, 3.05) is 5.32 Å². The number of nitrogens with zero attached hydrogens (tertiary/aromatic N) is 1. The number of hydrogen-bond acceptors (Lipinski definition) is 3. The van der Waals surface area contributed by atoms with E-state index in [4.69, 9.17) is 12.2 Å². The molecule has 0 atom stereocenters. The first-order valence-electron chi connectivity index (χ1n) is 11.4. The quantitative estimate of drug-likeness (QED) is 0.206. The van der Waals surface area contributed by atoms with E-state index in [9.17, 15) is 9.59 Å². The second-order valence-electron chi connectivity index (χ2n) is 8.62. The first-order chi connectivity index (χ1) is 17.5. The maximum Gasteiger partial charge on any atom is 0.281 e. The minimum absolute atomic E-state index is 0.138. The lowest BCUT2D eigenvalue weighted by Crippen LogP contribution is -2.48. The summed E-state index contributed by atoms with van der Waals surface area (Å²) in [6.07, 6.45) is 3.54. The number of benzene rings is 3. The van der Waals surface area contributed by atoms with E-state index in [2.05, 4.69) is 20.7 Å². The van der Waals surface area contributed by atoms with Crippen LogP contribution in [0.5, 0.6) is 0 Å². The van der Waals surface area contributed by atoms with Crippen LogP contribution in [0.1, 0.15) is 16.7 Å². The van der Waals surface area contributed by atoms with E-state index in [1.807, 2.05) is 79.7 Å². The lowest BCUT2D eigenvalue weighted by atomic mass is 9.95. The fourth-order valence-electron chi connectivity index (χ4n) is 4.59. The standard InChI is InChI=1S/C28H21N5O2S/c1-16-10-12-17(13-11-16)31-28(36)32-33-26(34)24(20-14-29-22-8-4-2-6-18(20)22)25(27(33)35)21-15-30-23-9-5-3-7-19(21)23/h2-15,29-30H,1H3,(H2,31,32,36). The van der Waals surface area contributed by atoms with Crippen molar-refractivity contribution in [3.63, 3.8) is 0 Å². The molecule has 176 valence electrons. The third-order valence-corrected chi connectivity index (χ3v) is 6.52. The topological polar surface area (TPSA) is 93.0 Å². The van der Waals surface area contributed by atoms with Gasteiger partial charge in [0, 0.05) is 51.0 Å². The Morgan fingerprint density at radius 1 is 0.750 bits per heavy atom. The molecule has 2 aromatic heterocycles. The molecule has 0 fully saturated rings. The Morgan fingerprint density at radius 3 is 1.78 bits per heavy atom. The number of amides is 2. The molecule has 0 aliphatic carbocycles. The summed E-state index contributed by atoms with van der Waals surface area (Å²) < 4.78 is 0. The molecule has 7 nitrogen and oxygen atoms in total. The van der Waals surface area contributed by atoms with Crippen molar-refractivity contribution in [2.24, 2.45) is 0 Å². The molecule has 3 heterocycles. The maximum atomic E-state index is 13.8. The van der Waals surface area contributed by atoms with Gasteiger partial charge in [0.05, 0.1) is 11.1 Å². The average Bonchev–Trinajstić information content (AvgIpc) is 3.56. The molecule has 0 spiro atoms. The third-order valence-electron chi connectivity index (χ3n) is 6.32. The lowest BCUT2D eigenvalue weighted by Gasteiger charge is -2.19. The number of anilines is 1. The summed E-state index contributed by atoms with van der Waals surface area (Å²) in [7, 11) is 0. The number of nitrogens with one attached hydrogen (secondary N) is 4. The fraction of sp³-hybridized carbons (Fsp3) is 0.0357. The smallest absolute Gasteiger partial charge is 0.281 e. The van der Waals surface area contributed by atoms with Gasteiger partial charge in [-0.25, -0.2) is 0 Å². The number of imide groups is 1. The predicted octanol–water partition coefficient (Wildman–Crippen LogP) is 5.14. The van der Waals surface area contributed by atoms with Crippen LogP contribution in [0.2, 0.25) is 0 Å². The number of aryl methyl sites for hydroxylation is 1. The summed E-state index contributed by atoms with van der Waals surface area (Å²) in [6, 6.07) is 23.0. The zero-order chi connectivity index (χ0) is 24.8. The van der Waals surface area contributed by atoms with Crippen molar-refractivity contribution >= 4 is 67.8 Å². The van der Waals surface area contributed by atoms with E-state index >= 15 is 0 Å². The van der Waals surface area contributed by atoms with Gasteiger partial charge in [-0.2, -0.15) is 5.01 Å². The normalized spacial score (nSPS) is 13.8. The first kappa shape index (κ1) is 21.8. The summed E-state index contributed by atoms with van der Waals surface area (Å²) in [6.45, 7) is 1.99. The van der Waals surface area contributed by atoms with Crippen LogP contribution >= 0.6 is 12.2 Å². The van der Waals surface area contributed by atoms with Crippen LogP contribution in [-0.4, -0.2) is 31.9 Å². The van der Waals surface area contributed by atoms with Gasteiger partial charge in [-0.3, -0.25) is 15.0 Å². The van der Waals surface area contributed by atoms with Gasteiger partial charge in [0.25, 0.3) is 11.8 Å². The Bertz CT molecular complexity index is 1610. The molecule has 0 radical (unpaired) electrons. The van der Waals surface area contributed by atoms with Gasteiger partial charge in [0.15, 0.2) is 5.11 Å². The van der Waals surface area contributed by atoms with Gasteiger partial charge in [0.2, 0.25) is 0 Å². The van der Waals surface area contributed by atoms with Crippen molar-refractivity contribution in [3.8, 4) is 0 Å². The molecule has 3 aromatic carbocycles. The van der Waals surface area contributed by atoms with E-state index in [1.54, 1.807) is 12.4 Å². The highest BCUT2D eigenvalue weighted by Gasteiger charge is 2.42. The molecule has 0 unspecified atom stereocenters. The van der Waals surface area contributed by atoms with Crippen molar-refractivity contribution in [1.82, 2.24) is 20.4 Å². The first-order valence-corrected chi connectivity index (χ1v) is 11.8. The number of H-pyrrole nitrogens is 2. The Kier molecular flexibility index (Phi) is 5.16. The van der Waals surface area contributed by atoms with Crippen LogP contribution in [0.25, 0.3) is 33.0 Å². The second kappa shape index (κ2) is 8.51. The van der Waals surface area contributed by atoms with Gasteiger partial charge in [-0.1, -0.05) is 54.1 Å². The zero-order valence-corrected chi connectivity index (χ0v) is 20.1. The van der Waals surface area contributed by atoms with Crippen molar-refractivity contribution in [1.29, 1.82) is 0 Å². The van der Waals surface area contributed by atoms with Gasteiger partial charge >= 0.3 is 0 Å². The third kappa shape index (κ3) is 3.55. The van der Waals surface area contributed by atoms with E-state index in [0.29, 0.717) is 22.3 Å². The average molecular weight is 492 g/mol. The number of para-hydroxylation sites is 2. The summed E-state index contributed by atoms with van der Waals surface area (Å²) in [4.78, 5) is 34.0. The van der Waals surface area contributed by atoms with Crippen LogP contribution in [0.4, 0.5) is 5.69 Å². The molecule has 8 heteroatoms.